The minimum atomic E-state index is -0.275. The highest BCUT2D eigenvalue weighted by Gasteiger charge is 2.26. The summed E-state index contributed by atoms with van der Waals surface area (Å²) in [6.07, 6.45) is 3.33. The summed E-state index contributed by atoms with van der Waals surface area (Å²) in [4.78, 5) is 23.4. The zero-order valence-corrected chi connectivity index (χ0v) is 8.57. The van der Waals surface area contributed by atoms with Crippen molar-refractivity contribution in [3.8, 4) is 0 Å². The second-order valence-corrected chi connectivity index (χ2v) is 3.60. The highest BCUT2D eigenvalue weighted by Crippen LogP contribution is 2.14. The Morgan fingerprint density at radius 2 is 2.43 bits per heavy atom. The summed E-state index contributed by atoms with van der Waals surface area (Å²) < 4.78 is 5.03. The number of carbonyl (C=O) groups excluding carboxylic acids is 2. The highest BCUT2D eigenvalue weighted by molar-refractivity contribution is 5.69. The van der Waals surface area contributed by atoms with Gasteiger partial charge in [-0.05, 0) is 12.8 Å². The first-order valence-corrected chi connectivity index (χ1v) is 5.15. The van der Waals surface area contributed by atoms with Crippen LogP contribution in [0, 0.1) is 5.92 Å². The molecule has 0 radical (unpaired) electrons. The Balaban J connectivity index is 2.21. The monoisotopic (exact) mass is 199 g/mol. The number of hydrogen-bond donors (Lipinski definition) is 0. The van der Waals surface area contributed by atoms with Crippen molar-refractivity contribution in [2.75, 3.05) is 19.7 Å². The number of likely N-dealkylation sites (tertiary alicyclic amines) is 1. The van der Waals surface area contributed by atoms with Gasteiger partial charge in [-0.2, -0.15) is 0 Å². The van der Waals surface area contributed by atoms with Crippen molar-refractivity contribution in [2.24, 2.45) is 5.92 Å². The molecule has 1 atom stereocenters. The molecule has 0 aliphatic carbocycles. The molecule has 1 heterocycles. The molecule has 1 amide bonds. The van der Waals surface area contributed by atoms with Crippen LogP contribution >= 0.6 is 0 Å². The molecule has 0 unspecified atom stereocenters. The molecule has 0 N–H and O–H groups in total. The molecule has 4 heteroatoms. The summed E-state index contributed by atoms with van der Waals surface area (Å²) in [6, 6.07) is 0. The van der Waals surface area contributed by atoms with Crippen LogP contribution in [0.4, 0.5) is 4.79 Å². The summed E-state index contributed by atoms with van der Waals surface area (Å²) in [7, 11) is 0. The molecule has 1 aliphatic heterocycles. The molecule has 4 nitrogen and oxygen atoms in total. The Bertz CT molecular complexity index is 206. The molecule has 1 aliphatic rings. The first-order valence-electron chi connectivity index (χ1n) is 5.15. The van der Waals surface area contributed by atoms with Crippen molar-refractivity contribution in [1.82, 2.24) is 4.90 Å². The predicted octanol–water partition coefficient (Wildman–Crippen LogP) is 1.44. The second kappa shape index (κ2) is 5.62. The van der Waals surface area contributed by atoms with E-state index in [1.54, 1.807) is 4.90 Å². The van der Waals surface area contributed by atoms with E-state index in [2.05, 4.69) is 0 Å². The van der Waals surface area contributed by atoms with Gasteiger partial charge in [0.2, 0.25) is 0 Å². The third-order valence-electron chi connectivity index (χ3n) is 2.40. The quantitative estimate of drug-likeness (QED) is 0.508. The van der Waals surface area contributed by atoms with Gasteiger partial charge >= 0.3 is 6.09 Å². The topological polar surface area (TPSA) is 46.6 Å². The highest BCUT2D eigenvalue weighted by atomic mass is 16.6. The Hall–Kier alpha value is -1.06. The van der Waals surface area contributed by atoms with E-state index in [4.69, 9.17) is 4.74 Å². The Kier molecular flexibility index (Phi) is 4.43. The Morgan fingerprint density at radius 1 is 1.64 bits per heavy atom. The van der Waals surface area contributed by atoms with Gasteiger partial charge in [0.15, 0.2) is 0 Å². The average Bonchev–Trinajstić information content (AvgIpc) is 2.66. The van der Waals surface area contributed by atoms with Crippen LogP contribution < -0.4 is 0 Å². The predicted molar refractivity (Wildman–Crippen MR) is 52.0 cm³/mol. The summed E-state index contributed by atoms with van der Waals surface area (Å²) in [5.41, 5.74) is 0. The molecule has 80 valence electrons. The number of nitrogens with zero attached hydrogens (tertiary/aromatic N) is 1. The molecule has 0 spiro atoms. The van der Waals surface area contributed by atoms with Crippen LogP contribution in [-0.4, -0.2) is 37.0 Å². The van der Waals surface area contributed by atoms with Crippen LogP contribution in [0.3, 0.4) is 0 Å². The van der Waals surface area contributed by atoms with E-state index >= 15 is 0 Å². The number of aldehydes is 1. The summed E-state index contributed by atoms with van der Waals surface area (Å²) in [5, 5.41) is 0. The van der Waals surface area contributed by atoms with E-state index in [1.165, 1.54) is 0 Å². The number of ether oxygens (including phenoxy) is 1. The molecular formula is C10H17NO3. The Labute approximate surface area is 84.2 Å². The van der Waals surface area contributed by atoms with Crippen molar-refractivity contribution in [2.45, 2.75) is 26.2 Å². The van der Waals surface area contributed by atoms with Gasteiger partial charge in [-0.1, -0.05) is 13.3 Å². The lowest BCUT2D eigenvalue weighted by atomic mass is 10.1. The first kappa shape index (κ1) is 11.0. The maximum Gasteiger partial charge on any atom is 0.409 e. The molecule has 1 saturated heterocycles. The standard InChI is InChI=1S/C10H17NO3/c1-2-3-6-14-10(13)11-5-4-9(7-11)8-12/h8-9H,2-7H2,1H3/t9-/m1/s1. The zero-order valence-electron chi connectivity index (χ0n) is 8.57. The summed E-state index contributed by atoms with van der Waals surface area (Å²) in [6.45, 7) is 3.70. The lowest BCUT2D eigenvalue weighted by Gasteiger charge is -2.15. The maximum absolute atomic E-state index is 11.4. The van der Waals surface area contributed by atoms with E-state index < -0.39 is 0 Å². The SMILES string of the molecule is CCCCOC(=O)N1CC[C@@H](C=O)C1. The van der Waals surface area contributed by atoms with Gasteiger partial charge in [0.1, 0.15) is 6.29 Å². The average molecular weight is 199 g/mol. The van der Waals surface area contributed by atoms with Crippen LogP contribution in [0.25, 0.3) is 0 Å². The van der Waals surface area contributed by atoms with Gasteiger partial charge in [0.05, 0.1) is 6.61 Å². The van der Waals surface area contributed by atoms with Crippen molar-refractivity contribution in [1.29, 1.82) is 0 Å². The van der Waals surface area contributed by atoms with Crippen LogP contribution in [0.15, 0.2) is 0 Å². The number of unbranched alkanes of at least 4 members (excludes halogenated alkanes) is 1. The van der Waals surface area contributed by atoms with Crippen molar-refractivity contribution < 1.29 is 14.3 Å². The number of amides is 1. The van der Waals surface area contributed by atoms with Crippen molar-refractivity contribution >= 4 is 12.4 Å². The third-order valence-corrected chi connectivity index (χ3v) is 2.40. The molecule has 14 heavy (non-hydrogen) atoms. The van der Waals surface area contributed by atoms with Gasteiger partial charge in [-0.3, -0.25) is 0 Å². The smallest absolute Gasteiger partial charge is 0.409 e. The molecule has 0 bridgehead atoms. The fourth-order valence-corrected chi connectivity index (χ4v) is 1.46. The number of carbonyl (C=O) groups is 2. The molecule has 1 rings (SSSR count). The summed E-state index contributed by atoms with van der Waals surface area (Å²) >= 11 is 0. The zero-order chi connectivity index (χ0) is 10.4. The lowest BCUT2D eigenvalue weighted by molar-refractivity contribution is -0.110. The van der Waals surface area contributed by atoms with Crippen molar-refractivity contribution in [3.63, 3.8) is 0 Å². The van der Waals surface area contributed by atoms with E-state index in [0.717, 1.165) is 25.5 Å². The van der Waals surface area contributed by atoms with Gasteiger partial charge in [-0.25, -0.2) is 4.79 Å². The third kappa shape index (κ3) is 3.01. The van der Waals surface area contributed by atoms with E-state index in [0.29, 0.717) is 19.7 Å². The van der Waals surface area contributed by atoms with E-state index in [9.17, 15) is 9.59 Å². The molecular weight excluding hydrogens is 182 g/mol. The molecule has 0 aromatic carbocycles. The first-order chi connectivity index (χ1) is 6.77. The molecule has 0 aromatic heterocycles. The van der Waals surface area contributed by atoms with Crippen LogP contribution in [0.1, 0.15) is 26.2 Å². The van der Waals surface area contributed by atoms with Gasteiger partial charge in [-0.15, -0.1) is 0 Å². The normalized spacial score (nSPS) is 20.9. The largest absolute Gasteiger partial charge is 0.449 e. The number of hydrogen-bond acceptors (Lipinski definition) is 3. The summed E-state index contributed by atoms with van der Waals surface area (Å²) in [5.74, 6) is 0.00808. The van der Waals surface area contributed by atoms with Crippen LogP contribution in [0.2, 0.25) is 0 Å². The van der Waals surface area contributed by atoms with Crippen LogP contribution in [0.5, 0.6) is 0 Å². The fourth-order valence-electron chi connectivity index (χ4n) is 1.46. The van der Waals surface area contributed by atoms with Crippen LogP contribution in [-0.2, 0) is 9.53 Å². The minimum Gasteiger partial charge on any atom is -0.449 e. The van der Waals surface area contributed by atoms with Crippen molar-refractivity contribution in [3.05, 3.63) is 0 Å². The number of rotatable bonds is 4. The lowest BCUT2D eigenvalue weighted by Crippen LogP contribution is -2.29. The van der Waals surface area contributed by atoms with E-state index in [-0.39, 0.29) is 12.0 Å². The molecule has 0 saturated carbocycles. The fraction of sp³-hybridized carbons (Fsp3) is 0.800. The second-order valence-electron chi connectivity index (χ2n) is 3.60. The van der Waals surface area contributed by atoms with Gasteiger partial charge < -0.3 is 14.4 Å². The van der Waals surface area contributed by atoms with E-state index in [1.807, 2.05) is 6.92 Å². The maximum atomic E-state index is 11.4. The Morgan fingerprint density at radius 3 is 3.00 bits per heavy atom. The molecule has 1 fully saturated rings. The minimum absolute atomic E-state index is 0.00808. The molecule has 0 aromatic rings. The van der Waals surface area contributed by atoms with Gasteiger partial charge in [0.25, 0.3) is 0 Å². The van der Waals surface area contributed by atoms with Gasteiger partial charge in [0, 0.05) is 19.0 Å².